The monoisotopic (exact) mass is 434 g/mol. The summed E-state index contributed by atoms with van der Waals surface area (Å²) in [4.78, 5) is 23.8. The van der Waals surface area contributed by atoms with E-state index in [4.69, 9.17) is 9.72 Å². The second kappa shape index (κ2) is 7.08. The van der Waals surface area contributed by atoms with Crippen molar-refractivity contribution in [3.8, 4) is 11.1 Å². The Hall–Kier alpha value is -3.84. The lowest BCUT2D eigenvalue weighted by Gasteiger charge is -2.39. The molecular formula is C26H22N6O. The highest BCUT2D eigenvalue weighted by Gasteiger charge is 2.43. The molecule has 1 aromatic carbocycles. The number of aromatic nitrogens is 5. The fraction of sp³-hybridized carbons (Fsp3) is 0.231. The highest BCUT2D eigenvalue weighted by Crippen LogP contribution is 2.44. The predicted octanol–water partition coefficient (Wildman–Crippen LogP) is 4.59. The molecule has 0 saturated carbocycles. The van der Waals surface area contributed by atoms with E-state index < -0.39 is 0 Å². The summed E-state index contributed by atoms with van der Waals surface area (Å²) < 4.78 is 6.28. The topological polar surface area (TPSA) is 79.8 Å². The third kappa shape index (κ3) is 2.93. The number of H-pyrrole nitrogens is 1. The van der Waals surface area contributed by atoms with Crippen LogP contribution in [0.4, 0.5) is 5.95 Å². The van der Waals surface area contributed by atoms with Gasteiger partial charge in [-0.2, -0.15) is 0 Å². The Morgan fingerprint density at radius 1 is 0.970 bits per heavy atom. The summed E-state index contributed by atoms with van der Waals surface area (Å²) in [5, 5.41) is 2.15. The first kappa shape index (κ1) is 18.7. The Morgan fingerprint density at radius 2 is 1.91 bits per heavy atom. The largest absolute Gasteiger partial charge is 0.365 e. The molecule has 6 heterocycles. The summed E-state index contributed by atoms with van der Waals surface area (Å²) in [7, 11) is 0. The molecule has 2 aliphatic heterocycles. The van der Waals surface area contributed by atoms with Crippen LogP contribution in [0.1, 0.15) is 24.0 Å². The predicted molar refractivity (Wildman–Crippen MR) is 127 cm³/mol. The Bertz CT molecular complexity index is 1500. The third-order valence-corrected chi connectivity index (χ3v) is 7.10. The van der Waals surface area contributed by atoms with Gasteiger partial charge in [-0.1, -0.05) is 12.1 Å². The van der Waals surface area contributed by atoms with Gasteiger partial charge in [0, 0.05) is 60.4 Å². The molecule has 0 unspecified atom stereocenters. The number of piperidine rings is 1. The molecule has 1 saturated heterocycles. The van der Waals surface area contributed by atoms with Gasteiger partial charge in [-0.25, -0.2) is 15.0 Å². The Morgan fingerprint density at radius 3 is 2.85 bits per heavy atom. The summed E-state index contributed by atoms with van der Waals surface area (Å²) in [6.45, 7) is 2.39. The van der Waals surface area contributed by atoms with Crippen molar-refractivity contribution in [3.05, 3.63) is 78.5 Å². The SMILES string of the molecule is c1cc2c(cn1)C1(CCN(c3ncc4ccc(-c5ccnc6[nH]ccc56)cc4n3)CC1)OC2. The molecule has 33 heavy (non-hydrogen) atoms. The van der Waals surface area contributed by atoms with Crippen LogP contribution in [0.2, 0.25) is 0 Å². The van der Waals surface area contributed by atoms with Crippen molar-refractivity contribution < 1.29 is 4.74 Å². The Labute approximate surface area is 190 Å². The number of ether oxygens (including phenoxy) is 1. The number of fused-ring (bicyclic) bond motifs is 4. The highest BCUT2D eigenvalue weighted by atomic mass is 16.5. The summed E-state index contributed by atoms with van der Waals surface area (Å²) in [6.07, 6.45) is 11.3. The van der Waals surface area contributed by atoms with Crippen molar-refractivity contribution in [3.63, 3.8) is 0 Å². The number of anilines is 1. The van der Waals surface area contributed by atoms with Crippen molar-refractivity contribution in [2.75, 3.05) is 18.0 Å². The molecule has 7 nitrogen and oxygen atoms in total. The Balaban J connectivity index is 1.19. The second-order valence-electron chi connectivity index (χ2n) is 8.84. The van der Waals surface area contributed by atoms with Gasteiger partial charge in [0.05, 0.1) is 17.7 Å². The maximum absolute atomic E-state index is 6.28. The maximum Gasteiger partial charge on any atom is 0.225 e. The minimum atomic E-state index is -0.215. The first-order chi connectivity index (χ1) is 16.3. The molecule has 2 aliphatic rings. The van der Waals surface area contributed by atoms with E-state index in [2.05, 4.69) is 61.2 Å². The lowest BCUT2D eigenvalue weighted by Crippen LogP contribution is -2.43. The average molecular weight is 435 g/mol. The number of hydrogen-bond donors (Lipinski definition) is 1. The molecule has 0 atom stereocenters. The molecule has 0 amide bonds. The summed E-state index contributed by atoms with van der Waals surface area (Å²) in [6, 6.07) is 12.6. The number of nitrogens with one attached hydrogen (secondary N) is 1. The zero-order valence-corrected chi connectivity index (χ0v) is 18.0. The van der Waals surface area contributed by atoms with Crippen molar-refractivity contribution in [1.29, 1.82) is 0 Å². The molecule has 0 aliphatic carbocycles. The number of pyridine rings is 2. The van der Waals surface area contributed by atoms with Crippen LogP contribution in [-0.2, 0) is 16.9 Å². The fourth-order valence-electron chi connectivity index (χ4n) is 5.28. The van der Waals surface area contributed by atoms with Crippen molar-refractivity contribution in [1.82, 2.24) is 24.9 Å². The van der Waals surface area contributed by atoms with Gasteiger partial charge in [-0.3, -0.25) is 4.98 Å². The lowest BCUT2D eigenvalue weighted by atomic mass is 9.85. The standard InChI is InChI=1S/C26H22N6O/c1-2-18-14-30-25(31-23(18)13-17(1)20-4-9-28-24-21(20)5-10-29-24)32-11-6-26(7-12-32)22-15-27-8-3-19(22)16-33-26/h1-5,8-10,13-15H,6-7,11-12,16H2,(H,28,29). The van der Waals surface area contributed by atoms with E-state index in [1.165, 1.54) is 11.1 Å². The quantitative estimate of drug-likeness (QED) is 0.438. The van der Waals surface area contributed by atoms with E-state index in [9.17, 15) is 0 Å². The molecule has 7 heteroatoms. The van der Waals surface area contributed by atoms with Crippen LogP contribution in [0, 0.1) is 0 Å². The summed E-state index contributed by atoms with van der Waals surface area (Å²) in [5.74, 6) is 0.778. The van der Waals surface area contributed by atoms with Gasteiger partial charge in [0.15, 0.2) is 0 Å². The van der Waals surface area contributed by atoms with Crippen molar-refractivity contribution in [2.45, 2.75) is 25.0 Å². The minimum Gasteiger partial charge on any atom is -0.365 e. The van der Waals surface area contributed by atoms with E-state index in [1.54, 1.807) is 0 Å². The van der Waals surface area contributed by atoms with Crippen LogP contribution in [-0.4, -0.2) is 38.0 Å². The number of benzene rings is 1. The molecule has 0 radical (unpaired) electrons. The second-order valence-corrected chi connectivity index (χ2v) is 8.84. The van der Waals surface area contributed by atoms with Crippen LogP contribution >= 0.6 is 0 Å². The molecule has 7 rings (SSSR count). The van der Waals surface area contributed by atoms with Gasteiger partial charge >= 0.3 is 0 Å². The molecule has 4 aromatic heterocycles. The summed E-state index contributed by atoms with van der Waals surface area (Å²) >= 11 is 0. The molecule has 5 aromatic rings. The minimum absolute atomic E-state index is 0.215. The zero-order chi connectivity index (χ0) is 21.8. The number of aromatic amines is 1. The van der Waals surface area contributed by atoms with Crippen LogP contribution in [0.5, 0.6) is 0 Å². The molecule has 1 fully saturated rings. The number of nitrogens with zero attached hydrogens (tertiary/aromatic N) is 5. The van der Waals surface area contributed by atoms with Gasteiger partial charge in [-0.15, -0.1) is 0 Å². The lowest BCUT2D eigenvalue weighted by molar-refractivity contribution is -0.0553. The van der Waals surface area contributed by atoms with Crippen LogP contribution in [0.3, 0.4) is 0 Å². The molecule has 162 valence electrons. The van der Waals surface area contributed by atoms with E-state index >= 15 is 0 Å². The van der Waals surface area contributed by atoms with E-state index in [0.29, 0.717) is 6.61 Å². The van der Waals surface area contributed by atoms with Gasteiger partial charge < -0.3 is 14.6 Å². The molecule has 0 bridgehead atoms. The van der Waals surface area contributed by atoms with Crippen molar-refractivity contribution in [2.24, 2.45) is 0 Å². The van der Waals surface area contributed by atoms with Gasteiger partial charge in [0.25, 0.3) is 0 Å². The number of hydrogen-bond acceptors (Lipinski definition) is 6. The van der Waals surface area contributed by atoms with E-state index in [-0.39, 0.29) is 5.60 Å². The highest BCUT2D eigenvalue weighted by molar-refractivity contribution is 5.95. The normalized spacial score (nSPS) is 17.2. The first-order valence-corrected chi connectivity index (χ1v) is 11.3. The Kier molecular flexibility index (Phi) is 4.01. The maximum atomic E-state index is 6.28. The van der Waals surface area contributed by atoms with Gasteiger partial charge in [0.2, 0.25) is 5.95 Å². The van der Waals surface area contributed by atoms with E-state index in [1.807, 2.05) is 31.0 Å². The van der Waals surface area contributed by atoms with Crippen LogP contribution in [0.25, 0.3) is 33.1 Å². The van der Waals surface area contributed by atoms with Crippen LogP contribution < -0.4 is 4.90 Å². The fourth-order valence-corrected chi connectivity index (χ4v) is 5.28. The molecule has 1 spiro atoms. The molecule has 1 N–H and O–H groups in total. The zero-order valence-electron chi connectivity index (χ0n) is 18.0. The third-order valence-electron chi connectivity index (χ3n) is 7.10. The number of rotatable bonds is 2. The first-order valence-electron chi connectivity index (χ1n) is 11.3. The van der Waals surface area contributed by atoms with Gasteiger partial charge in [0.1, 0.15) is 5.65 Å². The van der Waals surface area contributed by atoms with Crippen LogP contribution in [0.15, 0.2) is 67.4 Å². The average Bonchev–Trinajstić information content (AvgIpc) is 3.49. The molecular weight excluding hydrogens is 412 g/mol. The van der Waals surface area contributed by atoms with Gasteiger partial charge in [-0.05, 0) is 53.8 Å². The summed E-state index contributed by atoms with van der Waals surface area (Å²) in [5.41, 5.74) is 6.42. The van der Waals surface area contributed by atoms with Crippen molar-refractivity contribution >= 4 is 27.9 Å². The van der Waals surface area contributed by atoms with E-state index in [0.717, 1.165) is 64.9 Å². The smallest absolute Gasteiger partial charge is 0.225 e.